The second-order valence-electron chi connectivity index (χ2n) is 6.20. The van der Waals surface area contributed by atoms with Crippen LogP contribution in [0.15, 0.2) is 72.8 Å². The van der Waals surface area contributed by atoms with Gasteiger partial charge < -0.3 is 9.64 Å². The fraction of sp³-hybridized carbons (Fsp3) is 0.136. The van der Waals surface area contributed by atoms with Crippen molar-refractivity contribution < 1.29 is 13.9 Å². The molecular formula is C22H19FINO2. The van der Waals surface area contributed by atoms with Crippen LogP contribution in [0.4, 0.5) is 4.39 Å². The number of hydrogen-bond donors (Lipinski definition) is 0. The molecule has 0 saturated carbocycles. The normalized spacial score (nSPS) is 10.5. The van der Waals surface area contributed by atoms with Crippen LogP contribution in [0.25, 0.3) is 11.1 Å². The molecule has 0 spiro atoms. The number of halogens is 2. The second kappa shape index (κ2) is 8.99. The third-order valence-electron chi connectivity index (χ3n) is 4.15. The van der Waals surface area contributed by atoms with E-state index < -0.39 is 0 Å². The molecule has 0 aliphatic carbocycles. The first-order valence-electron chi connectivity index (χ1n) is 8.48. The molecule has 1 amide bonds. The molecule has 3 rings (SSSR count). The molecule has 0 saturated heterocycles. The largest absolute Gasteiger partial charge is 0.484 e. The zero-order valence-electron chi connectivity index (χ0n) is 14.9. The van der Waals surface area contributed by atoms with Gasteiger partial charge in [-0.25, -0.2) is 4.39 Å². The average Bonchev–Trinajstić information content (AvgIpc) is 2.69. The van der Waals surface area contributed by atoms with Gasteiger partial charge in [-0.15, -0.1) is 0 Å². The van der Waals surface area contributed by atoms with Crippen LogP contribution < -0.4 is 4.74 Å². The topological polar surface area (TPSA) is 29.5 Å². The van der Waals surface area contributed by atoms with E-state index in [0.29, 0.717) is 12.3 Å². The van der Waals surface area contributed by atoms with Crippen molar-refractivity contribution in [1.29, 1.82) is 0 Å². The molecule has 3 aromatic carbocycles. The summed E-state index contributed by atoms with van der Waals surface area (Å²) in [5.41, 5.74) is 3.10. The van der Waals surface area contributed by atoms with Gasteiger partial charge >= 0.3 is 0 Å². The maximum atomic E-state index is 12.9. The van der Waals surface area contributed by atoms with Crippen LogP contribution in [0.1, 0.15) is 5.56 Å². The van der Waals surface area contributed by atoms with Crippen molar-refractivity contribution >= 4 is 28.5 Å². The van der Waals surface area contributed by atoms with Crippen LogP contribution in [0.3, 0.4) is 0 Å². The van der Waals surface area contributed by atoms with Crippen LogP contribution >= 0.6 is 22.6 Å². The van der Waals surface area contributed by atoms with E-state index in [1.807, 2.05) is 24.3 Å². The van der Waals surface area contributed by atoms with Gasteiger partial charge in [0.1, 0.15) is 11.6 Å². The highest BCUT2D eigenvalue weighted by molar-refractivity contribution is 14.1. The molecule has 27 heavy (non-hydrogen) atoms. The molecule has 0 atom stereocenters. The quantitative estimate of drug-likeness (QED) is 0.463. The Balaban J connectivity index is 1.53. The van der Waals surface area contributed by atoms with Crippen LogP contribution in [0.2, 0.25) is 0 Å². The van der Waals surface area contributed by atoms with Crippen molar-refractivity contribution in [2.24, 2.45) is 0 Å². The van der Waals surface area contributed by atoms with Crippen molar-refractivity contribution in [2.75, 3.05) is 13.7 Å². The van der Waals surface area contributed by atoms with E-state index in [2.05, 4.69) is 46.9 Å². The molecule has 0 aromatic heterocycles. The minimum Gasteiger partial charge on any atom is -0.484 e. The van der Waals surface area contributed by atoms with E-state index in [0.717, 1.165) is 16.7 Å². The van der Waals surface area contributed by atoms with Gasteiger partial charge in [0.2, 0.25) is 0 Å². The third-order valence-corrected chi connectivity index (χ3v) is 4.87. The van der Waals surface area contributed by atoms with E-state index in [1.165, 1.54) is 15.7 Å². The van der Waals surface area contributed by atoms with Crippen molar-refractivity contribution in [3.8, 4) is 16.9 Å². The summed E-state index contributed by atoms with van der Waals surface area (Å²) in [5.74, 6) is 0.221. The van der Waals surface area contributed by atoms with Gasteiger partial charge in [0.15, 0.2) is 6.61 Å². The van der Waals surface area contributed by atoms with Crippen molar-refractivity contribution in [3.63, 3.8) is 0 Å². The van der Waals surface area contributed by atoms with Gasteiger partial charge in [0.25, 0.3) is 5.91 Å². The van der Waals surface area contributed by atoms with E-state index in [1.54, 1.807) is 24.1 Å². The number of ether oxygens (including phenoxy) is 1. The van der Waals surface area contributed by atoms with Gasteiger partial charge in [-0.2, -0.15) is 0 Å². The van der Waals surface area contributed by atoms with Crippen LogP contribution in [0, 0.1) is 9.39 Å². The van der Waals surface area contributed by atoms with E-state index in [9.17, 15) is 9.18 Å². The summed E-state index contributed by atoms with van der Waals surface area (Å²) in [6.07, 6.45) is 0. The molecule has 0 aliphatic heterocycles. The summed E-state index contributed by atoms with van der Waals surface area (Å²) < 4.78 is 19.7. The molecular weight excluding hydrogens is 456 g/mol. The van der Waals surface area contributed by atoms with Crippen molar-refractivity contribution in [2.45, 2.75) is 6.54 Å². The van der Waals surface area contributed by atoms with Gasteiger partial charge in [-0.05, 0) is 75.7 Å². The van der Waals surface area contributed by atoms with Gasteiger partial charge in [-0.1, -0.05) is 36.4 Å². The lowest BCUT2D eigenvalue weighted by Crippen LogP contribution is -2.30. The molecule has 0 fully saturated rings. The first-order chi connectivity index (χ1) is 13.0. The number of carbonyl (C=O) groups excluding carboxylic acids is 1. The predicted molar refractivity (Wildman–Crippen MR) is 113 cm³/mol. The number of carbonyl (C=O) groups is 1. The lowest BCUT2D eigenvalue weighted by atomic mass is 10.1. The highest BCUT2D eigenvalue weighted by Gasteiger charge is 2.10. The lowest BCUT2D eigenvalue weighted by molar-refractivity contribution is -0.132. The Bertz CT molecular complexity index is 893. The highest BCUT2D eigenvalue weighted by Crippen LogP contribution is 2.23. The molecule has 3 aromatic rings. The third kappa shape index (κ3) is 5.53. The standard InChI is InChI=1S/C22H19FINO2/c1-25(14-16-2-8-19(23)9-3-16)22(26)15-27-21-12-6-18(7-13-21)17-4-10-20(24)11-5-17/h2-13H,14-15H2,1H3. The monoisotopic (exact) mass is 475 g/mol. The molecule has 0 bridgehead atoms. The molecule has 0 unspecified atom stereocenters. The summed E-state index contributed by atoms with van der Waals surface area (Å²) >= 11 is 2.28. The van der Waals surface area contributed by atoms with E-state index >= 15 is 0 Å². The van der Waals surface area contributed by atoms with E-state index in [4.69, 9.17) is 4.74 Å². The van der Waals surface area contributed by atoms with Crippen LogP contribution in [-0.4, -0.2) is 24.5 Å². The number of amides is 1. The number of nitrogens with zero attached hydrogens (tertiary/aromatic N) is 1. The Morgan fingerprint density at radius 2 is 1.48 bits per heavy atom. The zero-order valence-corrected chi connectivity index (χ0v) is 17.0. The molecule has 0 aliphatic rings. The predicted octanol–water partition coefficient (Wildman–Crippen LogP) is 5.13. The first kappa shape index (κ1) is 19.4. The molecule has 3 nitrogen and oxygen atoms in total. The minimum absolute atomic E-state index is 0.0411. The number of benzene rings is 3. The molecule has 0 radical (unpaired) electrons. The van der Waals surface area contributed by atoms with Crippen molar-refractivity contribution in [3.05, 3.63) is 87.7 Å². The lowest BCUT2D eigenvalue weighted by Gasteiger charge is -2.17. The van der Waals surface area contributed by atoms with Gasteiger partial charge in [0, 0.05) is 17.2 Å². The first-order valence-corrected chi connectivity index (χ1v) is 9.56. The van der Waals surface area contributed by atoms with Crippen LogP contribution in [0.5, 0.6) is 5.75 Å². The van der Waals surface area contributed by atoms with Crippen LogP contribution in [-0.2, 0) is 11.3 Å². The fourth-order valence-corrected chi connectivity index (χ4v) is 2.95. The summed E-state index contributed by atoms with van der Waals surface area (Å²) in [6.45, 7) is 0.370. The van der Waals surface area contributed by atoms with Crippen molar-refractivity contribution in [1.82, 2.24) is 4.90 Å². The molecule has 5 heteroatoms. The number of hydrogen-bond acceptors (Lipinski definition) is 2. The molecule has 0 heterocycles. The van der Waals surface area contributed by atoms with E-state index in [-0.39, 0.29) is 18.3 Å². The Morgan fingerprint density at radius 3 is 2.07 bits per heavy atom. The Labute approximate surface area is 171 Å². The number of rotatable bonds is 6. The smallest absolute Gasteiger partial charge is 0.260 e. The summed E-state index contributed by atoms with van der Waals surface area (Å²) in [4.78, 5) is 13.8. The highest BCUT2D eigenvalue weighted by atomic mass is 127. The van der Waals surface area contributed by atoms with Gasteiger partial charge in [0.05, 0.1) is 0 Å². The minimum atomic E-state index is -0.287. The maximum absolute atomic E-state index is 12.9. The summed E-state index contributed by atoms with van der Waals surface area (Å²) in [5, 5.41) is 0. The Kier molecular flexibility index (Phi) is 6.45. The SMILES string of the molecule is CN(Cc1ccc(F)cc1)C(=O)COc1ccc(-c2ccc(I)cc2)cc1. The molecule has 138 valence electrons. The summed E-state index contributed by atoms with van der Waals surface area (Å²) in [7, 11) is 1.70. The maximum Gasteiger partial charge on any atom is 0.260 e. The molecule has 0 N–H and O–H groups in total. The summed E-state index contributed by atoms with van der Waals surface area (Å²) in [6, 6.07) is 22.1. The Morgan fingerprint density at radius 1 is 0.926 bits per heavy atom. The Hall–Kier alpha value is -2.41. The average molecular weight is 475 g/mol. The fourth-order valence-electron chi connectivity index (χ4n) is 2.59. The number of likely N-dealkylation sites (N-methyl/N-ethyl adjacent to an activating group) is 1. The second-order valence-corrected chi connectivity index (χ2v) is 7.44. The zero-order chi connectivity index (χ0) is 19.2. The van der Waals surface area contributed by atoms with Gasteiger partial charge in [-0.3, -0.25) is 4.79 Å².